The number of methoxy groups -OCH3 is 1. The molecule has 0 saturated carbocycles. The van der Waals surface area contributed by atoms with Gasteiger partial charge in [0, 0.05) is 6.54 Å². The van der Waals surface area contributed by atoms with Crippen molar-refractivity contribution in [1.29, 1.82) is 0 Å². The van der Waals surface area contributed by atoms with E-state index < -0.39 is 0 Å². The van der Waals surface area contributed by atoms with Gasteiger partial charge in [-0.15, -0.1) is 0 Å². The Kier molecular flexibility index (Phi) is 7.63. The molecule has 0 aliphatic rings. The molecule has 0 radical (unpaired) electrons. The molecule has 0 aliphatic heterocycles. The van der Waals surface area contributed by atoms with Gasteiger partial charge in [-0.2, -0.15) is 0 Å². The fourth-order valence-electron chi connectivity index (χ4n) is 2.52. The first-order valence-electron chi connectivity index (χ1n) is 8.79. The molecular weight excluding hydrogens is 298 g/mol. The molecule has 0 fully saturated rings. The predicted octanol–water partition coefficient (Wildman–Crippen LogP) is 4.86. The molecule has 0 aromatic heterocycles. The second-order valence-electron chi connectivity index (χ2n) is 6.14. The van der Waals surface area contributed by atoms with Gasteiger partial charge in [0.2, 0.25) is 0 Å². The number of rotatable bonds is 10. The van der Waals surface area contributed by atoms with E-state index in [4.69, 9.17) is 9.47 Å². The topological polar surface area (TPSA) is 30.5 Å². The molecule has 2 aromatic carbocycles. The van der Waals surface area contributed by atoms with E-state index in [1.54, 1.807) is 7.11 Å². The Balaban J connectivity index is 1.89. The fraction of sp³-hybridized carbons (Fsp3) is 0.429. The molecule has 130 valence electrons. The highest BCUT2D eigenvalue weighted by Gasteiger charge is 2.06. The van der Waals surface area contributed by atoms with Crippen LogP contribution in [0.25, 0.3) is 0 Å². The predicted molar refractivity (Wildman–Crippen MR) is 99.7 cm³/mol. The Morgan fingerprint density at radius 3 is 2.38 bits per heavy atom. The minimum Gasteiger partial charge on any atom is -0.493 e. The van der Waals surface area contributed by atoms with Crippen LogP contribution < -0.4 is 14.8 Å². The molecule has 0 amide bonds. The van der Waals surface area contributed by atoms with Crippen LogP contribution in [0.4, 0.5) is 0 Å². The number of unbranched alkanes of at least 4 members (excludes halogenated alkanes) is 2. The molecule has 0 spiro atoms. The van der Waals surface area contributed by atoms with E-state index in [-0.39, 0.29) is 0 Å². The Morgan fingerprint density at radius 1 is 0.917 bits per heavy atom. The third-order valence-electron chi connectivity index (χ3n) is 4.03. The van der Waals surface area contributed by atoms with Gasteiger partial charge in [-0.05, 0) is 43.1 Å². The second kappa shape index (κ2) is 9.99. The molecule has 0 aliphatic carbocycles. The van der Waals surface area contributed by atoms with Crippen molar-refractivity contribution in [3.63, 3.8) is 0 Å². The number of hydrogen-bond donors (Lipinski definition) is 1. The van der Waals surface area contributed by atoms with Crippen molar-refractivity contribution in [3.8, 4) is 11.5 Å². The highest BCUT2D eigenvalue weighted by molar-refractivity contribution is 5.43. The Morgan fingerprint density at radius 2 is 1.67 bits per heavy atom. The third kappa shape index (κ3) is 5.89. The van der Waals surface area contributed by atoms with E-state index in [2.05, 4.69) is 55.6 Å². The van der Waals surface area contributed by atoms with Gasteiger partial charge in [0.25, 0.3) is 0 Å². The van der Waals surface area contributed by atoms with E-state index in [0.717, 1.165) is 30.2 Å². The van der Waals surface area contributed by atoms with Gasteiger partial charge in [-0.1, -0.05) is 55.7 Å². The van der Waals surface area contributed by atoms with Crippen LogP contribution in [0.5, 0.6) is 11.5 Å². The summed E-state index contributed by atoms with van der Waals surface area (Å²) < 4.78 is 11.4. The number of aryl methyl sites for hydroxylation is 1. The summed E-state index contributed by atoms with van der Waals surface area (Å²) in [6, 6.07) is 14.5. The zero-order valence-corrected chi connectivity index (χ0v) is 15.1. The Bertz CT molecular complexity index is 608. The number of ether oxygens (including phenoxy) is 2. The van der Waals surface area contributed by atoms with Crippen LogP contribution in [0.1, 0.15) is 42.9 Å². The van der Waals surface area contributed by atoms with E-state index in [1.165, 1.54) is 30.4 Å². The Hall–Kier alpha value is -2.00. The molecule has 2 aromatic rings. The summed E-state index contributed by atoms with van der Waals surface area (Å²) in [7, 11) is 1.69. The van der Waals surface area contributed by atoms with Gasteiger partial charge in [-0.25, -0.2) is 0 Å². The molecule has 2 rings (SSSR count). The van der Waals surface area contributed by atoms with E-state index in [0.29, 0.717) is 6.61 Å². The fourth-order valence-corrected chi connectivity index (χ4v) is 2.52. The molecule has 0 bridgehead atoms. The largest absolute Gasteiger partial charge is 0.493 e. The van der Waals surface area contributed by atoms with Gasteiger partial charge < -0.3 is 14.8 Å². The van der Waals surface area contributed by atoms with Crippen molar-refractivity contribution < 1.29 is 9.47 Å². The van der Waals surface area contributed by atoms with Crippen molar-refractivity contribution in [2.24, 2.45) is 0 Å². The SMILES string of the molecule is CCCCCNCc1ccc(OCc2ccc(C)cc2)c(OC)c1. The highest BCUT2D eigenvalue weighted by atomic mass is 16.5. The summed E-state index contributed by atoms with van der Waals surface area (Å²) >= 11 is 0. The smallest absolute Gasteiger partial charge is 0.161 e. The average Bonchev–Trinajstić information content (AvgIpc) is 2.61. The van der Waals surface area contributed by atoms with Gasteiger partial charge >= 0.3 is 0 Å². The van der Waals surface area contributed by atoms with Crippen LogP contribution in [-0.4, -0.2) is 13.7 Å². The standard InChI is InChI=1S/C21H29NO2/c1-4-5-6-13-22-15-19-11-12-20(21(14-19)23-3)24-16-18-9-7-17(2)8-10-18/h7-12,14,22H,4-6,13,15-16H2,1-3H3. The zero-order chi connectivity index (χ0) is 17.2. The lowest BCUT2D eigenvalue weighted by Gasteiger charge is -2.13. The first kappa shape index (κ1) is 18.3. The van der Waals surface area contributed by atoms with Gasteiger partial charge in [0.15, 0.2) is 11.5 Å². The number of benzene rings is 2. The van der Waals surface area contributed by atoms with Crippen LogP contribution in [0.15, 0.2) is 42.5 Å². The molecule has 0 saturated heterocycles. The van der Waals surface area contributed by atoms with Crippen molar-refractivity contribution in [3.05, 3.63) is 59.2 Å². The van der Waals surface area contributed by atoms with Crippen molar-refractivity contribution in [2.45, 2.75) is 46.3 Å². The number of hydrogen-bond acceptors (Lipinski definition) is 3. The van der Waals surface area contributed by atoms with E-state index in [9.17, 15) is 0 Å². The van der Waals surface area contributed by atoms with Gasteiger partial charge in [0.1, 0.15) is 6.61 Å². The Labute approximate surface area is 146 Å². The zero-order valence-electron chi connectivity index (χ0n) is 15.1. The van der Waals surface area contributed by atoms with Crippen LogP contribution in [-0.2, 0) is 13.2 Å². The lowest BCUT2D eigenvalue weighted by Crippen LogP contribution is -2.14. The van der Waals surface area contributed by atoms with Crippen molar-refractivity contribution >= 4 is 0 Å². The second-order valence-corrected chi connectivity index (χ2v) is 6.14. The molecule has 0 unspecified atom stereocenters. The summed E-state index contributed by atoms with van der Waals surface area (Å²) in [5, 5.41) is 3.47. The molecule has 1 N–H and O–H groups in total. The lowest BCUT2D eigenvalue weighted by molar-refractivity contribution is 0.284. The first-order chi connectivity index (χ1) is 11.7. The van der Waals surface area contributed by atoms with Crippen molar-refractivity contribution in [2.75, 3.05) is 13.7 Å². The molecule has 3 heteroatoms. The molecule has 0 atom stereocenters. The molecule has 3 nitrogen and oxygen atoms in total. The summed E-state index contributed by atoms with van der Waals surface area (Å²) in [6.45, 7) is 6.77. The summed E-state index contributed by atoms with van der Waals surface area (Å²) in [5.41, 5.74) is 3.63. The molecular formula is C21H29NO2. The molecule has 24 heavy (non-hydrogen) atoms. The molecule has 0 heterocycles. The summed E-state index contributed by atoms with van der Waals surface area (Å²) in [4.78, 5) is 0. The lowest BCUT2D eigenvalue weighted by atomic mass is 10.1. The maximum atomic E-state index is 5.92. The number of nitrogens with one attached hydrogen (secondary N) is 1. The van der Waals surface area contributed by atoms with Gasteiger partial charge in [-0.3, -0.25) is 0 Å². The highest BCUT2D eigenvalue weighted by Crippen LogP contribution is 2.28. The quantitative estimate of drug-likeness (QED) is 0.632. The normalized spacial score (nSPS) is 10.6. The third-order valence-corrected chi connectivity index (χ3v) is 4.03. The van der Waals surface area contributed by atoms with Crippen LogP contribution in [0, 0.1) is 6.92 Å². The summed E-state index contributed by atoms with van der Waals surface area (Å²) in [5.74, 6) is 1.57. The monoisotopic (exact) mass is 327 g/mol. The minimum absolute atomic E-state index is 0.547. The van der Waals surface area contributed by atoms with Gasteiger partial charge in [0.05, 0.1) is 7.11 Å². The van der Waals surface area contributed by atoms with Crippen LogP contribution in [0.3, 0.4) is 0 Å². The minimum atomic E-state index is 0.547. The maximum Gasteiger partial charge on any atom is 0.161 e. The maximum absolute atomic E-state index is 5.92. The average molecular weight is 327 g/mol. The van der Waals surface area contributed by atoms with E-state index in [1.807, 2.05) is 6.07 Å². The first-order valence-corrected chi connectivity index (χ1v) is 8.79. The van der Waals surface area contributed by atoms with E-state index >= 15 is 0 Å². The van der Waals surface area contributed by atoms with Crippen molar-refractivity contribution in [1.82, 2.24) is 5.32 Å². The van der Waals surface area contributed by atoms with Crippen LogP contribution in [0.2, 0.25) is 0 Å². The summed E-state index contributed by atoms with van der Waals surface area (Å²) in [6.07, 6.45) is 3.76. The van der Waals surface area contributed by atoms with Crippen LogP contribution >= 0.6 is 0 Å².